The number of primary amides is 1. The van der Waals surface area contributed by atoms with Crippen molar-refractivity contribution in [1.82, 2.24) is 9.97 Å². The second-order valence-electron chi connectivity index (χ2n) is 4.64. The van der Waals surface area contributed by atoms with Crippen LogP contribution in [0.15, 0.2) is 36.7 Å². The Balaban J connectivity index is 2.13. The number of alkyl halides is 3. The minimum absolute atomic E-state index is 0.00428. The van der Waals surface area contributed by atoms with Crippen molar-refractivity contribution >= 4 is 11.7 Å². The number of hydrogen-bond donors (Lipinski definition) is 2. The van der Waals surface area contributed by atoms with E-state index in [1.165, 1.54) is 24.5 Å². The Morgan fingerprint density at radius 1 is 1.23 bits per heavy atom. The molecule has 1 heterocycles. The minimum atomic E-state index is -4.36. The van der Waals surface area contributed by atoms with Crippen LogP contribution in [0, 0.1) is 0 Å². The van der Waals surface area contributed by atoms with Gasteiger partial charge in [0, 0.05) is 6.04 Å². The molecule has 0 fully saturated rings. The van der Waals surface area contributed by atoms with Crippen molar-refractivity contribution < 1.29 is 18.0 Å². The smallest absolute Gasteiger partial charge is 0.364 e. The molecule has 0 aliphatic carbocycles. The van der Waals surface area contributed by atoms with Gasteiger partial charge < -0.3 is 11.1 Å². The van der Waals surface area contributed by atoms with Gasteiger partial charge in [0.05, 0.1) is 18.0 Å². The van der Waals surface area contributed by atoms with E-state index >= 15 is 0 Å². The van der Waals surface area contributed by atoms with Gasteiger partial charge in [0.1, 0.15) is 11.5 Å². The molecule has 2 rings (SSSR count). The maximum absolute atomic E-state index is 12.5. The van der Waals surface area contributed by atoms with Gasteiger partial charge in [-0.3, -0.25) is 9.78 Å². The molecule has 1 aromatic carbocycles. The van der Waals surface area contributed by atoms with Gasteiger partial charge in [-0.1, -0.05) is 12.1 Å². The van der Waals surface area contributed by atoms with E-state index in [2.05, 4.69) is 15.3 Å². The molecule has 1 unspecified atom stereocenters. The van der Waals surface area contributed by atoms with E-state index in [9.17, 15) is 18.0 Å². The van der Waals surface area contributed by atoms with Crippen molar-refractivity contribution in [3.8, 4) is 0 Å². The van der Waals surface area contributed by atoms with Gasteiger partial charge in [0.25, 0.3) is 5.91 Å². The quantitative estimate of drug-likeness (QED) is 0.910. The largest absolute Gasteiger partial charge is 0.416 e. The Kier molecular flexibility index (Phi) is 4.30. The van der Waals surface area contributed by atoms with E-state index in [1.807, 2.05) is 0 Å². The molecule has 0 saturated heterocycles. The summed E-state index contributed by atoms with van der Waals surface area (Å²) in [7, 11) is 0. The third kappa shape index (κ3) is 3.72. The average molecular weight is 310 g/mol. The highest BCUT2D eigenvalue weighted by molar-refractivity contribution is 5.90. The summed E-state index contributed by atoms with van der Waals surface area (Å²) in [5.41, 5.74) is 5.04. The van der Waals surface area contributed by atoms with Crippen LogP contribution in [0.3, 0.4) is 0 Å². The summed E-state index contributed by atoms with van der Waals surface area (Å²) in [5.74, 6) is -0.401. The van der Waals surface area contributed by atoms with Gasteiger partial charge >= 0.3 is 6.18 Å². The Labute approximate surface area is 124 Å². The average Bonchev–Trinajstić information content (AvgIpc) is 2.46. The van der Waals surface area contributed by atoms with Gasteiger partial charge in [-0.25, -0.2) is 4.98 Å². The van der Waals surface area contributed by atoms with E-state index in [1.54, 1.807) is 6.92 Å². The Morgan fingerprint density at radius 3 is 2.41 bits per heavy atom. The van der Waals surface area contributed by atoms with Crippen LogP contribution < -0.4 is 11.1 Å². The van der Waals surface area contributed by atoms with E-state index in [4.69, 9.17) is 5.73 Å². The van der Waals surface area contributed by atoms with Crippen molar-refractivity contribution in [2.24, 2.45) is 5.73 Å². The van der Waals surface area contributed by atoms with Gasteiger partial charge in [-0.2, -0.15) is 13.2 Å². The molecular weight excluding hydrogens is 297 g/mol. The number of nitrogens with one attached hydrogen (secondary N) is 1. The molecule has 1 atom stereocenters. The number of benzene rings is 1. The first-order valence-corrected chi connectivity index (χ1v) is 6.33. The molecule has 3 N–H and O–H groups in total. The number of anilines is 1. The van der Waals surface area contributed by atoms with Crippen molar-refractivity contribution in [1.29, 1.82) is 0 Å². The van der Waals surface area contributed by atoms with Crippen LogP contribution in [0.4, 0.5) is 19.0 Å². The number of hydrogen-bond acceptors (Lipinski definition) is 4. The molecule has 5 nitrogen and oxygen atoms in total. The lowest BCUT2D eigenvalue weighted by Crippen LogP contribution is -2.15. The fourth-order valence-corrected chi connectivity index (χ4v) is 1.82. The first kappa shape index (κ1) is 15.7. The molecule has 22 heavy (non-hydrogen) atoms. The molecule has 0 saturated carbocycles. The highest BCUT2D eigenvalue weighted by Crippen LogP contribution is 2.30. The predicted octanol–water partition coefficient (Wildman–Crippen LogP) is 2.77. The maximum Gasteiger partial charge on any atom is 0.416 e. The number of halogens is 3. The molecule has 2 aromatic rings. The summed E-state index contributed by atoms with van der Waals surface area (Å²) >= 11 is 0. The number of amides is 1. The van der Waals surface area contributed by atoms with E-state index in [0.717, 1.165) is 12.1 Å². The molecular formula is C14H13F3N4O. The van der Waals surface area contributed by atoms with Crippen LogP contribution in [0.5, 0.6) is 0 Å². The standard InChI is InChI=1S/C14H13F3N4O/c1-8(9-2-4-10(5-3-9)14(15,16)17)20-12-7-19-6-11(21-12)13(18)22/h2-8H,1H3,(H2,18,22)(H,20,21). The number of carbonyl (C=O) groups excluding carboxylic acids is 1. The maximum atomic E-state index is 12.5. The minimum Gasteiger partial charge on any atom is -0.364 e. The van der Waals surface area contributed by atoms with E-state index in [-0.39, 0.29) is 11.7 Å². The van der Waals surface area contributed by atoms with E-state index in [0.29, 0.717) is 11.4 Å². The number of aromatic nitrogens is 2. The number of nitrogens with zero attached hydrogens (tertiary/aromatic N) is 2. The van der Waals surface area contributed by atoms with Crippen LogP contribution >= 0.6 is 0 Å². The molecule has 1 amide bonds. The van der Waals surface area contributed by atoms with Gasteiger partial charge in [-0.15, -0.1) is 0 Å². The monoisotopic (exact) mass is 310 g/mol. The fraction of sp³-hybridized carbons (Fsp3) is 0.214. The number of nitrogens with two attached hydrogens (primary N) is 1. The first-order chi connectivity index (χ1) is 10.3. The lowest BCUT2D eigenvalue weighted by molar-refractivity contribution is -0.137. The van der Waals surface area contributed by atoms with Crippen molar-refractivity contribution in [2.45, 2.75) is 19.1 Å². The number of carbonyl (C=O) groups is 1. The third-order valence-corrected chi connectivity index (χ3v) is 2.99. The second-order valence-corrected chi connectivity index (χ2v) is 4.64. The van der Waals surface area contributed by atoms with Crippen LogP contribution in [-0.2, 0) is 6.18 Å². The zero-order valence-corrected chi connectivity index (χ0v) is 11.6. The zero-order chi connectivity index (χ0) is 16.3. The van der Waals surface area contributed by atoms with Crippen LogP contribution in [-0.4, -0.2) is 15.9 Å². The molecule has 8 heteroatoms. The van der Waals surface area contributed by atoms with Gasteiger partial charge in [0.2, 0.25) is 0 Å². The molecule has 0 aliphatic rings. The Morgan fingerprint density at radius 2 is 1.86 bits per heavy atom. The predicted molar refractivity (Wildman–Crippen MR) is 74.0 cm³/mol. The van der Waals surface area contributed by atoms with Crippen LogP contribution in [0.25, 0.3) is 0 Å². The van der Waals surface area contributed by atoms with Gasteiger partial charge in [0.15, 0.2) is 0 Å². The van der Waals surface area contributed by atoms with Crippen molar-refractivity contribution in [2.75, 3.05) is 5.32 Å². The zero-order valence-electron chi connectivity index (χ0n) is 11.6. The highest BCUT2D eigenvalue weighted by Gasteiger charge is 2.30. The lowest BCUT2D eigenvalue weighted by Gasteiger charge is -2.16. The molecule has 0 spiro atoms. The Bertz CT molecular complexity index is 671. The van der Waals surface area contributed by atoms with Crippen molar-refractivity contribution in [3.05, 3.63) is 53.5 Å². The fourth-order valence-electron chi connectivity index (χ4n) is 1.82. The second kappa shape index (κ2) is 6.00. The van der Waals surface area contributed by atoms with Crippen LogP contribution in [0.1, 0.15) is 34.6 Å². The van der Waals surface area contributed by atoms with Gasteiger partial charge in [-0.05, 0) is 24.6 Å². The van der Waals surface area contributed by atoms with E-state index < -0.39 is 17.6 Å². The van der Waals surface area contributed by atoms with Crippen LogP contribution in [0.2, 0.25) is 0 Å². The topological polar surface area (TPSA) is 80.9 Å². The summed E-state index contributed by atoms with van der Waals surface area (Å²) in [6.07, 6.45) is -1.74. The first-order valence-electron chi connectivity index (χ1n) is 6.33. The molecule has 1 aromatic heterocycles. The summed E-state index contributed by atoms with van der Waals surface area (Å²) in [5, 5.41) is 2.95. The Hall–Kier alpha value is -2.64. The molecule has 116 valence electrons. The SMILES string of the molecule is CC(Nc1cncc(C(N)=O)n1)c1ccc(C(F)(F)F)cc1. The lowest BCUT2D eigenvalue weighted by atomic mass is 10.1. The molecule has 0 bridgehead atoms. The molecule has 0 aliphatic heterocycles. The number of rotatable bonds is 4. The third-order valence-electron chi connectivity index (χ3n) is 2.99. The summed E-state index contributed by atoms with van der Waals surface area (Å²) in [4.78, 5) is 18.8. The summed E-state index contributed by atoms with van der Waals surface area (Å²) in [6.45, 7) is 1.75. The summed E-state index contributed by atoms with van der Waals surface area (Å²) < 4.78 is 37.5. The molecule has 0 radical (unpaired) electrons. The highest BCUT2D eigenvalue weighted by atomic mass is 19.4. The normalized spacial score (nSPS) is 12.7. The van der Waals surface area contributed by atoms with Crippen molar-refractivity contribution in [3.63, 3.8) is 0 Å². The summed E-state index contributed by atoms with van der Waals surface area (Å²) in [6, 6.07) is 4.47.